The molecule has 0 spiro atoms. The number of rotatable bonds is 6. The van der Waals surface area contributed by atoms with Gasteiger partial charge in [-0.05, 0) is 49.7 Å². The van der Waals surface area contributed by atoms with Gasteiger partial charge in [0.1, 0.15) is 0 Å². The van der Waals surface area contributed by atoms with Crippen molar-refractivity contribution in [1.82, 2.24) is 4.90 Å². The van der Waals surface area contributed by atoms with Crippen molar-refractivity contribution >= 4 is 23.3 Å². The van der Waals surface area contributed by atoms with Crippen LogP contribution in [0.2, 0.25) is 0 Å². The van der Waals surface area contributed by atoms with Crippen LogP contribution >= 0.6 is 0 Å². The molecule has 0 aliphatic carbocycles. The van der Waals surface area contributed by atoms with Crippen molar-refractivity contribution in [3.8, 4) is 18.4 Å². The third-order valence-corrected chi connectivity index (χ3v) is 5.96. The molecule has 1 aliphatic rings. The predicted octanol–water partition coefficient (Wildman–Crippen LogP) is 5.65. The highest BCUT2D eigenvalue weighted by Crippen LogP contribution is 2.41. The number of carbonyl (C=O) groups excluding carboxylic acids is 3. The third kappa shape index (κ3) is 4.87. The van der Waals surface area contributed by atoms with Crippen LogP contribution in [-0.2, 0) is 11.0 Å². The highest BCUT2D eigenvalue weighted by molar-refractivity contribution is 6.06. The summed E-state index contributed by atoms with van der Waals surface area (Å²) in [5.74, 6) is 1.59. The second kappa shape index (κ2) is 10.1. The first-order valence-corrected chi connectivity index (χ1v) is 10.9. The zero-order valence-corrected chi connectivity index (χ0v) is 19.8. The van der Waals surface area contributed by atoms with Crippen molar-refractivity contribution < 1.29 is 27.6 Å². The van der Waals surface area contributed by atoms with E-state index < -0.39 is 29.6 Å². The van der Waals surface area contributed by atoms with Gasteiger partial charge in [0.05, 0.1) is 28.9 Å². The quantitative estimate of drug-likeness (QED) is 0.385. The zero-order valence-electron chi connectivity index (χ0n) is 19.8. The van der Waals surface area contributed by atoms with Crippen molar-refractivity contribution in [3.63, 3.8) is 0 Å². The molecule has 0 N–H and O–H groups in total. The highest BCUT2D eigenvalue weighted by atomic mass is 19.4. The fraction of sp³-hybridized carbons (Fsp3) is 0.259. The van der Waals surface area contributed by atoms with Crippen LogP contribution in [0.25, 0.3) is 0 Å². The van der Waals surface area contributed by atoms with Gasteiger partial charge < -0.3 is 4.90 Å². The van der Waals surface area contributed by atoms with Crippen molar-refractivity contribution in [3.05, 3.63) is 76.0 Å². The van der Waals surface area contributed by atoms with E-state index in [2.05, 4.69) is 5.92 Å². The maximum atomic E-state index is 13.5. The summed E-state index contributed by atoms with van der Waals surface area (Å²) < 4.78 is 40.0. The van der Waals surface area contributed by atoms with Gasteiger partial charge in [-0.1, -0.05) is 12.1 Å². The summed E-state index contributed by atoms with van der Waals surface area (Å²) in [7, 11) is 1.40. The predicted molar refractivity (Wildman–Crippen MR) is 127 cm³/mol. The molecule has 1 heterocycles. The normalized spacial score (nSPS) is 16.0. The molecule has 1 unspecified atom stereocenters. The minimum Gasteiger partial charge on any atom is -0.316 e. The Morgan fingerprint density at radius 2 is 1.86 bits per heavy atom. The maximum Gasteiger partial charge on any atom is 0.416 e. The lowest BCUT2D eigenvalue weighted by atomic mass is 9.86. The summed E-state index contributed by atoms with van der Waals surface area (Å²) in [6, 6.07) is 8.89. The number of nitrogens with zero attached hydrogens (tertiary/aromatic N) is 3. The summed E-state index contributed by atoms with van der Waals surface area (Å²) in [6.45, 7) is 2.75. The number of allylic oxidation sites excluding steroid dienone is 1. The molecule has 6 nitrogen and oxygen atoms in total. The van der Waals surface area contributed by atoms with Crippen LogP contribution in [-0.4, -0.2) is 29.5 Å². The first-order chi connectivity index (χ1) is 16.9. The molecule has 3 rings (SSSR count). The van der Waals surface area contributed by atoms with Crippen LogP contribution < -0.4 is 4.90 Å². The second-order valence-electron chi connectivity index (χ2n) is 8.28. The van der Waals surface area contributed by atoms with Crippen LogP contribution in [0.15, 0.2) is 53.7 Å². The van der Waals surface area contributed by atoms with Crippen LogP contribution in [0.5, 0.6) is 0 Å². The van der Waals surface area contributed by atoms with E-state index in [1.807, 2.05) is 6.07 Å². The van der Waals surface area contributed by atoms with Crippen molar-refractivity contribution in [2.75, 3.05) is 11.9 Å². The molecule has 2 amide bonds. The van der Waals surface area contributed by atoms with E-state index in [4.69, 9.17) is 6.42 Å². The topological polar surface area (TPSA) is 81.5 Å². The molecule has 1 aliphatic heterocycles. The Bertz CT molecular complexity index is 1360. The Morgan fingerprint density at radius 1 is 1.17 bits per heavy atom. The third-order valence-electron chi connectivity index (χ3n) is 5.96. The second-order valence-corrected chi connectivity index (χ2v) is 8.28. The fourth-order valence-corrected chi connectivity index (χ4v) is 4.29. The van der Waals surface area contributed by atoms with E-state index in [0.717, 1.165) is 17.0 Å². The monoisotopic (exact) mass is 493 g/mol. The molecule has 0 saturated heterocycles. The van der Waals surface area contributed by atoms with Crippen LogP contribution in [0.3, 0.4) is 0 Å². The van der Waals surface area contributed by atoms with Gasteiger partial charge in [0, 0.05) is 36.7 Å². The molecule has 0 bridgehead atoms. The first-order valence-electron chi connectivity index (χ1n) is 10.9. The van der Waals surface area contributed by atoms with Gasteiger partial charge in [-0.2, -0.15) is 18.4 Å². The number of ketones is 2. The van der Waals surface area contributed by atoms with Crippen molar-refractivity contribution in [2.45, 2.75) is 38.9 Å². The number of anilines is 1. The first kappa shape index (κ1) is 26.2. The van der Waals surface area contributed by atoms with Gasteiger partial charge in [-0.25, -0.2) is 4.79 Å². The van der Waals surface area contributed by atoms with Crippen LogP contribution in [0, 0.1) is 23.7 Å². The van der Waals surface area contributed by atoms with Crippen molar-refractivity contribution in [2.24, 2.45) is 0 Å². The molecular weight excluding hydrogens is 471 g/mol. The number of terminal acetylenes is 1. The number of Topliss-reactive ketones (excluding diaryl/α,β-unsaturated/α-hetero) is 2. The summed E-state index contributed by atoms with van der Waals surface area (Å²) >= 11 is 0. The van der Waals surface area contributed by atoms with E-state index in [0.29, 0.717) is 5.56 Å². The van der Waals surface area contributed by atoms with E-state index in [9.17, 15) is 32.8 Å². The Balaban J connectivity index is 2.24. The van der Waals surface area contributed by atoms with Gasteiger partial charge in [-0.3, -0.25) is 14.5 Å². The molecule has 0 aromatic heterocycles. The molecular formula is C27H22F3N3O3. The number of urea groups is 1. The number of halogens is 3. The summed E-state index contributed by atoms with van der Waals surface area (Å²) in [6.07, 6.45) is 0.816. The average Bonchev–Trinajstić information content (AvgIpc) is 2.83. The van der Waals surface area contributed by atoms with E-state index in [1.54, 1.807) is 0 Å². The number of alkyl halides is 3. The summed E-state index contributed by atoms with van der Waals surface area (Å²) in [5, 5.41) is 9.33. The largest absolute Gasteiger partial charge is 0.416 e. The maximum absolute atomic E-state index is 13.5. The lowest BCUT2D eigenvalue weighted by Crippen LogP contribution is -2.49. The van der Waals surface area contributed by atoms with Gasteiger partial charge in [0.25, 0.3) is 0 Å². The van der Waals surface area contributed by atoms with Gasteiger partial charge in [0.2, 0.25) is 0 Å². The lowest BCUT2D eigenvalue weighted by molar-refractivity contribution is -0.137. The van der Waals surface area contributed by atoms with Crippen LogP contribution in [0.1, 0.15) is 59.8 Å². The average molecular weight is 493 g/mol. The van der Waals surface area contributed by atoms with E-state index >= 15 is 0 Å². The summed E-state index contributed by atoms with van der Waals surface area (Å²) in [5.41, 5.74) is -0.0484. The Morgan fingerprint density at radius 3 is 2.44 bits per heavy atom. The number of hydrogen-bond donors (Lipinski definition) is 0. The lowest BCUT2D eigenvalue weighted by Gasteiger charge is -2.41. The zero-order chi connectivity index (χ0) is 26.8. The van der Waals surface area contributed by atoms with Gasteiger partial charge in [-0.15, -0.1) is 12.3 Å². The minimum atomic E-state index is -4.62. The smallest absolute Gasteiger partial charge is 0.316 e. The fourth-order valence-electron chi connectivity index (χ4n) is 4.29. The highest BCUT2D eigenvalue weighted by Gasteiger charge is 2.41. The molecule has 0 radical (unpaired) electrons. The minimum absolute atomic E-state index is 0.00275. The molecule has 0 saturated carbocycles. The standard InChI is InChI=1S/C27H22F3N3O3/c1-5-6-10-23(35)22-13-18(15-31)11-12-21(22)25-24(17(3)34)16(2)33(26(36)32(25)4)20-9-7-8-19(14-20)27(28,29)30/h1,7-9,11-14,25H,6,10H2,2-4H3. The van der Waals surface area contributed by atoms with Gasteiger partial charge in [0.15, 0.2) is 11.6 Å². The van der Waals surface area contributed by atoms with Crippen LogP contribution in [0.4, 0.5) is 23.7 Å². The number of hydrogen-bond acceptors (Lipinski definition) is 4. The number of nitriles is 1. The molecule has 36 heavy (non-hydrogen) atoms. The molecule has 184 valence electrons. The Kier molecular flexibility index (Phi) is 7.35. The molecule has 1 atom stereocenters. The summed E-state index contributed by atoms with van der Waals surface area (Å²) in [4.78, 5) is 41.6. The molecule has 2 aromatic carbocycles. The number of carbonyl (C=O) groups is 3. The molecule has 0 fully saturated rings. The molecule has 2 aromatic rings. The molecule has 9 heteroatoms. The van der Waals surface area contributed by atoms with E-state index in [1.165, 1.54) is 56.1 Å². The van der Waals surface area contributed by atoms with Crippen molar-refractivity contribution in [1.29, 1.82) is 5.26 Å². The Labute approximate surface area is 206 Å². The number of amides is 2. The van der Waals surface area contributed by atoms with E-state index in [-0.39, 0.29) is 46.7 Å². The SMILES string of the molecule is C#CCCC(=O)c1cc(C#N)ccc1C1C(C(C)=O)=C(C)N(c2cccc(C(F)(F)F)c2)C(=O)N1C. The van der Waals surface area contributed by atoms with Gasteiger partial charge >= 0.3 is 12.2 Å². The Hall–Kier alpha value is -4.37. The number of benzene rings is 2. The number of likely N-dealkylation sites (N-methyl/N-ethyl adjacent to an activating group) is 1.